The van der Waals surface area contributed by atoms with Crippen molar-refractivity contribution in [1.29, 1.82) is 0 Å². The van der Waals surface area contributed by atoms with Crippen LogP contribution < -0.4 is 5.32 Å². The van der Waals surface area contributed by atoms with Crippen LogP contribution in [-0.2, 0) is 13.1 Å². The van der Waals surface area contributed by atoms with Gasteiger partial charge in [-0.2, -0.15) is 5.10 Å². The molecule has 0 saturated heterocycles. The van der Waals surface area contributed by atoms with E-state index in [9.17, 15) is 0 Å². The number of imidazole rings is 1. The third-order valence-corrected chi connectivity index (χ3v) is 4.10. The van der Waals surface area contributed by atoms with Crippen molar-refractivity contribution < 1.29 is 0 Å². The summed E-state index contributed by atoms with van der Waals surface area (Å²) < 4.78 is 4.01. The molecule has 5 nitrogen and oxygen atoms in total. The summed E-state index contributed by atoms with van der Waals surface area (Å²) in [5.74, 6) is 0. The van der Waals surface area contributed by atoms with Gasteiger partial charge >= 0.3 is 0 Å². The average Bonchev–Trinajstić information content (AvgIpc) is 2.79. The van der Waals surface area contributed by atoms with Gasteiger partial charge in [-0.25, -0.2) is 4.98 Å². The predicted molar refractivity (Wildman–Crippen MR) is 74.3 cm³/mol. The van der Waals surface area contributed by atoms with Crippen molar-refractivity contribution in [2.45, 2.75) is 32.0 Å². The molecule has 0 atom stereocenters. The van der Waals surface area contributed by atoms with Gasteiger partial charge < -0.3 is 5.32 Å². The summed E-state index contributed by atoms with van der Waals surface area (Å²) in [6.45, 7) is 1.65. The zero-order valence-corrected chi connectivity index (χ0v) is 11.3. The molecule has 0 spiro atoms. The predicted octanol–water partition coefficient (Wildman–Crippen LogP) is 1.89. The molecule has 0 radical (unpaired) electrons. The molecule has 1 fully saturated rings. The number of aromatic nitrogens is 4. The van der Waals surface area contributed by atoms with Crippen LogP contribution in [0.5, 0.6) is 0 Å². The van der Waals surface area contributed by atoms with E-state index in [2.05, 4.69) is 32.2 Å². The van der Waals surface area contributed by atoms with Gasteiger partial charge in [0, 0.05) is 42.1 Å². The average molecular weight is 273 g/mol. The van der Waals surface area contributed by atoms with Gasteiger partial charge in [0.2, 0.25) is 0 Å². The molecule has 1 aliphatic carbocycles. The molecular formula is C13H15N5S. The van der Waals surface area contributed by atoms with Crippen LogP contribution in [0.2, 0.25) is 0 Å². The van der Waals surface area contributed by atoms with Crippen LogP contribution in [-0.4, -0.2) is 25.2 Å². The van der Waals surface area contributed by atoms with E-state index < -0.39 is 0 Å². The third kappa shape index (κ3) is 2.41. The molecule has 0 unspecified atom stereocenters. The fourth-order valence-electron chi connectivity index (χ4n) is 2.15. The van der Waals surface area contributed by atoms with Gasteiger partial charge in [0.05, 0.1) is 18.4 Å². The largest absolute Gasteiger partial charge is 0.310 e. The molecule has 6 heteroatoms. The second-order valence-corrected chi connectivity index (χ2v) is 5.90. The maximum atomic E-state index is 4.57. The quantitative estimate of drug-likeness (QED) is 0.772. The Hall–Kier alpha value is -1.66. The number of hydrogen-bond acceptors (Lipinski definition) is 4. The van der Waals surface area contributed by atoms with E-state index in [0.29, 0.717) is 0 Å². The molecule has 4 rings (SSSR count). The number of fused-ring (bicyclic) bond motifs is 1. The Bertz CT molecular complexity index is 662. The first kappa shape index (κ1) is 11.2. The molecule has 3 aromatic heterocycles. The molecule has 3 aromatic rings. The highest BCUT2D eigenvalue weighted by Crippen LogP contribution is 2.19. The van der Waals surface area contributed by atoms with Crippen LogP contribution in [0.15, 0.2) is 30.2 Å². The summed E-state index contributed by atoms with van der Waals surface area (Å²) in [6, 6.07) is 0.739. The lowest BCUT2D eigenvalue weighted by Crippen LogP contribution is -2.14. The summed E-state index contributed by atoms with van der Waals surface area (Å²) in [4.78, 5) is 5.61. The lowest BCUT2D eigenvalue weighted by molar-refractivity contribution is 0.668. The molecule has 3 heterocycles. The zero-order chi connectivity index (χ0) is 12.7. The van der Waals surface area contributed by atoms with Crippen molar-refractivity contribution in [1.82, 2.24) is 24.5 Å². The molecule has 0 aromatic carbocycles. The van der Waals surface area contributed by atoms with Crippen molar-refractivity contribution in [3.8, 4) is 0 Å². The molecule has 0 amide bonds. The SMILES string of the molecule is c1cn2cc(Cn3cc(CNC4CC4)cn3)nc2s1. The monoisotopic (exact) mass is 273 g/mol. The minimum absolute atomic E-state index is 0.734. The Balaban J connectivity index is 1.45. The number of rotatable bonds is 5. The number of nitrogens with one attached hydrogen (secondary N) is 1. The van der Waals surface area contributed by atoms with Crippen molar-refractivity contribution in [2.24, 2.45) is 0 Å². The van der Waals surface area contributed by atoms with Crippen LogP contribution in [0, 0.1) is 0 Å². The lowest BCUT2D eigenvalue weighted by Gasteiger charge is -1.98. The fraction of sp³-hybridized carbons (Fsp3) is 0.385. The number of hydrogen-bond donors (Lipinski definition) is 1. The zero-order valence-electron chi connectivity index (χ0n) is 10.5. The highest BCUT2D eigenvalue weighted by Gasteiger charge is 2.20. The van der Waals surface area contributed by atoms with Crippen molar-refractivity contribution in [3.05, 3.63) is 41.4 Å². The molecule has 1 saturated carbocycles. The maximum Gasteiger partial charge on any atom is 0.193 e. The highest BCUT2D eigenvalue weighted by molar-refractivity contribution is 7.15. The Morgan fingerprint density at radius 3 is 3.16 bits per heavy atom. The van der Waals surface area contributed by atoms with Crippen LogP contribution in [0.1, 0.15) is 24.1 Å². The van der Waals surface area contributed by atoms with Crippen LogP contribution in [0.25, 0.3) is 4.96 Å². The summed E-state index contributed by atoms with van der Waals surface area (Å²) in [6.07, 6.45) is 10.8. The van der Waals surface area contributed by atoms with Gasteiger partial charge in [0.15, 0.2) is 4.96 Å². The van der Waals surface area contributed by atoms with Crippen molar-refractivity contribution in [3.63, 3.8) is 0 Å². The molecule has 1 aliphatic rings. The summed E-state index contributed by atoms with van der Waals surface area (Å²) in [5, 5.41) is 9.93. The van der Waals surface area contributed by atoms with E-state index in [0.717, 1.165) is 29.8 Å². The van der Waals surface area contributed by atoms with Gasteiger partial charge in [-0.3, -0.25) is 9.08 Å². The summed E-state index contributed by atoms with van der Waals surface area (Å²) in [5.41, 5.74) is 2.30. The van der Waals surface area contributed by atoms with Crippen molar-refractivity contribution >= 4 is 16.3 Å². The van der Waals surface area contributed by atoms with Crippen LogP contribution in [0.4, 0.5) is 0 Å². The Morgan fingerprint density at radius 2 is 2.32 bits per heavy atom. The summed E-state index contributed by atoms with van der Waals surface area (Å²) in [7, 11) is 0. The van der Waals surface area contributed by atoms with Crippen LogP contribution >= 0.6 is 11.3 Å². The van der Waals surface area contributed by atoms with Gasteiger partial charge in [-0.15, -0.1) is 11.3 Å². The van der Waals surface area contributed by atoms with Gasteiger partial charge in [0.1, 0.15) is 0 Å². The normalized spacial score (nSPS) is 15.4. The lowest BCUT2D eigenvalue weighted by atomic mass is 10.3. The molecule has 1 N–H and O–H groups in total. The van der Waals surface area contributed by atoms with Gasteiger partial charge in [-0.05, 0) is 12.8 Å². The molecule has 0 aliphatic heterocycles. The van der Waals surface area contributed by atoms with E-state index in [-0.39, 0.29) is 0 Å². The Labute approximate surface area is 114 Å². The van der Waals surface area contributed by atoms with E-state index in [1.54, 1.807) is 11.3 Å². The maximum absolute atomic E-state index is 4.57. The van der Waals surface area contributed by atoms with E-state index in [4.69, 9.17) is 0 Å². The summed E-state index contributed by atoms with van der Waals surface area (Å²) >= 11 is 1.65. The first-order valence-electron chi connectivity index (χ1n) is 6.52. The standard InChI is InChI=1S/C13H15N5S/c1-2-11(1)14-5-10-6-15-18(7-10)9-12-8-17-3-4-19-13(17)16-12/h3-4,6-8,11,14H,1-2,5,9H2. The smallest absolute Gasteiger partial charge is 0.193 e. The highest BCUT2D eigenvalue weighted by atomic mass is 32.1. The van der Waals surface area contributed by atoms with Gasteiger partial charge in [0.25, 0.3) is 0 Å². The van der Waals surface area contributed by atoms with Gasteiger partial charge in [-0.1, -0.05) is 0 Å². The van der Waals surface area contributed by atoms with E-state index in [1.165, 1.54) is 18.4 Å². The Morgan fingerprint density at radius 1 is 1.37 bits per heavy atom. The first-order valence-corrected chi connectivity index (χ1v) is 7.40. The fourth-order valence-corrected chi connectivity index (χ4v) is 2.87. The second-order valence-electron chi connectivity index (χ2n) is 5.03. The van der Waals surface area contributed by atoms with Crippen LogP contribution in [0.3, 0.4) is 0 Å². The van der Waals surface area contributed by atoms with E-state index in [1.807, 2.05) is 22.5 Å². The number of thiazole rings is 1. The number of nitrogens with zero attached hydrogens (tertiary/aromatic N) is 4. The minimum atomic E-state index is 0.734. The van der Waals surface area contributed by atoms with Crippen molar-refractivity contribution in [2.75, 3.05) is 0 Å². The Kier molecular flexibility index (Phi) is 2.63. The first-order chi connectivity index (χ1) is 9.37. The molecular weight excluding hydrogens is 258 g/mol. The third-order valence-electron chi connectivity index (χ3n) is 3.33. The second kappa shape index (κ2) is 4.47. The molecule has 98 valence electrons. The molecule has 19 heavy (non-hydrogen) atoms. The molecule has 0 bridgehead atoms. The van der Waals surface area contributed by atoms with E-state index >= 15 is 0 Å². The topological polar surface area (TPSA) is 47.1 Å². The minimum Gasteiger partial charge on any atom is -0.310 e.